The Hall–Kier alpha value is -4.00. The van der Waals surface area contributed by atoms with Crippen LogP contribution >= 0.6 is 0 Å². The third-order valence-corrected chi connectivity index (χ3v) is 5.53. The third-order valence-electron chi connectivity index (χ3n) is 5.53. The van der Waals surface area contributed by atoms with Gasteiger partial charge in [-0.3, -0.25) is 14.2 Å². The molecule has 1 atom stereocenters. The Balaban J connectivity index is 1.58. The molecular formula is C26H26N4O3. The van der Waals surface area contributed by atoms with E-state index in [4.69, 9.17) is 4.74 Å². The van der Waals surface area contributed by atoms with Crippen LogP contribution in [0.25, 0.3) is 22.4 Å². The zero-order chi connectivity index (χ0) is 23.4. The highest BCUT2D eigenvalue weighted by molar-refractivity contribution is 5.95. The van der Waals surface area contributed by atoms with Crippen molar-refractivity contribution < 1.29 is 9.53 Å². The number of amides is 1. The summed E-state index contributed by atoms with van der Waals surface area (Å²) < 4.78 is 6.84. The fourth-order valence-electron chi connectivity index (χ4n) is 3.73. The van der Waals surface area contributed by atoms with Crippen LogP contribution in [-0.4, -0.2) is 27.6 Å². The highest BCUT2D eigenvalue weighted by atomic mass is 16.5. The number of fused-ring (bicyclic) bond motifs is 1. The summed E-state index contributed by atoms with van der Waals surface area (Å²) in [5.41, 5.74) is 3.56. The molecule has 0 aliphatic heterocycles. The van der Waals surface area contributed by atoms with Gasteiger partial charge in [-0.15, -0.1) is 0 Å². The molecule has 168 valence electrons. The predicted octanol–water partition coefficient (Wildman–Crippen LogP) is 4.37. The number of methoxy groups -OCH3 is 1. The van der Waals surface area contributed by atoms with E-state index >= 15 is 0 Å². The molecule has 4 rings (SSSR count). The molecule has 0 saturated carbocycles. The van der Waals surface area contributed by atoms with Gasteiger partial charge < -0.3 is 10.1 Å². The van der Waals surface area contributed by atoms with E-state index in [1.807, 2.05) is 44.2 Å². The number of carbonyl (C=O) groups is 1. The first kappa shape index (κ1) is 22.2. The summed E-state index contributed by atoms with van der Waals surface area (Å²) in [6.45, 7) is 4.50. The Bertz CT molecular complexity index is 1330. The van der Waals surface area contributed by atoms with Crippen molar-refractivity contribution in [1.82, 2.24) is 19.9 Å². The molecule has 0 radical (unpaired) electrons. The number of pyridine rings is 1. The van der Waals surface area contributed by atoms with Gasteiger partial charge in [-0.25, -0.2) is 9.97 Å². The lowest BCUT2D eigenvalue weighted by atomic mass is 10.1. The lowest BCUT2D eigenvalue weighted by Gasteiger charge is -2.15. The van der Waals surface area contributed by atoms with Gasteiger partial charge in [-0.05, 0) is 55.3 Å². The second kappa shape index (κ2) is 9.65. The van der Waals surface area contributed by atoms with Gasteiger partial charge in [-0.2, -0.15) is 0 Å². The maximum absolute atomic E-state index is 13.1. The molecular weight excluding hydrogens is 416 g/mol. The van der Waals surface area contributed by atoms with E-state index in [2.05, 4.69) is 15.3 Å². The molecule has 4 aromatic rings. The first-order chi connectivity index (χ1) is 16.0. The average molecular weight is 443 g/mol. The Morgan fingerprint density at radius 3 is 2.48 bits per heavy atom. The SMILES string of the molecule is CCCn1c(=O)c(-c2ccc(C(=O)N[C@@H](C)c3ccc(OC)cc3)cc2)nc2cccnc21. The molecule has 33 heavy (non-hydrogen) atoms. The summed E-state index contributed by atoms with van der Waals surface area (Å²) in [6, 6.07) is 18.0. The number of nitrogens with one attached hydrogen (secondary N) is 1. The molecule has 1 amide bonds. The molecule has 7 nitrogen and oxygen atoms in total. The van der Waals surface area contributed by atoms with E-state index in [0.717, 1.165) is 17.7 Å². The van der Waals surface area contributed by atoms with E-state index in [-0.39, 0.29) is 17.5 Å². The maximum Gasteiger partial charge on any atom is 0.278 e. The van der Waals surface area contributed by atoms with E-state index in [1.165, 1.54) is 0 Å². The van der Waals surface area contributed by atoms with Crippen LogP contribution in [0.3, 0.4) is 0 Å². The van der Waals surface area contributed by atoms with Crippen molar-refractivity contribution in [3.05, 3.63) is 88.3 Å². The van der Waals surface area contributed by atoms with Gasteiger partial charge in [0.2, 0.25) is 0 Å². The standard InChI is InChI=1S/C26H26N4O3/c1-4-16-30-24-22(6-5-15-27-24)29-23(26(30)32)19-7-9-20(10-8-19)25(31)28-17(2)18-11-13-21(33-3)14-12-18/h5-15,17H,4,16H2,1-3H3,(H,28,31)/t17-/m0/s1. The fourth-order valence-corrected chi connectivity index (χ4v) is 3.73. The first-order valence-electron chi connectivity index (χ1n) is 10.9. The number of aryl methyl sites for hydroxylation is 1. The van der Waals surface area contributed by atoms with Crippen LogP contribution in [0.15, 0.2) is 71.7 Å². The zero-order valence-corrected chi connectivity index (χ0v) is 18.9. The van der Waals surface area contributed by atoms with Crippen LogP contribution in [0.1, 0.15) is 42.2 Å². The largest absolute Gasteiger partial charge is 0.497 e. The minimum atomic E-state index is -0.191. The van der Waals surface area contributed by atoms with Crippen LogP contribution in [0, 0.1) is 0 Å². The molecule has 2 aromatic carbocycles. The van der Waals surface area contributed by atoms with Crippen molar-refractivity contribution in [3.63, 3.8) is 0 Å². The molecule has 0 spiro atoms. The topological polar surface area (TPSA) is 86.1 Å². The third kappa shape index (κ3) is 4.62. The van der Waals surface area contributed by atoms with Crippen molar-refractivity contribution in [2.24, 2.45) is 0 Å². The highest BCUT2D eigenvalue weighted by Gasteiger charge is 2.15. The van der Waals surface area contributed by atoms with Gasteiger partial charge in [0.25, 0.3) is 11.5 Å². The van der Waals surface area contributed by atoms with Crippen molar-refractivity contribution in [2.75, 3.05) is 7.11 Å². The first-order valence-corrected chi connectivity index (χ1v) is 10.9. The van der Waals surface area contributed by atoms with Gasteiger partial charge in [0, 0.05) is 23.9 Å². The van der Waals surface area contributed by atoms with Gasteiger partial charge in [-0.1, -0.05) is 31.2 Å². The zero-order valence-electron chi connectivity index (χ0n) is 18.9. The van der Waals surface area contributed by atoms with Crippen LogP contribution in [-0.2, 0) is 6.54 Å². The molecule has 7 heteroatoms. The monoisotopic (exact) mass is 442 g/mol. The second-order valence-corrected chi connectivity index (χ2v) is 7.81. The van der Waals surface area contributed by atoms with Gasteiger partial charge in [0.05, 0.1) is 13.2 Å². The molecule has 0 bridgehead atoms. The maximum atomic E-state index is 13.1. The minimum Gasteiger partial charge on any atom is -0.497 e. The van der Waals surface area contributed by atoms with Crippen LogP contribution < -0.4 is 15.6 Å². The van der Waals surface area contributed by atoms with E-state index in [0.29, 0.717) is 34.5 Å². The normalized spacial score (nSPS) is 11.8. The smallest absolute Gasteiger partial charge is 0.278 e. The van der Waals surface area contributed by atoms with E-state index in [1.54, 1.807) is 48.2 Å². The summed E-state index contributed by atoms with van der Waals surface area (Å²) in [4.78, 5) is 34.8. The van der Waals surface area contributed by atoms with Gasteiger partial charge >= 0.3 is 0 Å². The molecule has 0 saturated heterocycles. The Morgan fingerprint density at radius 1 is 1.09 bits per heavy atom. The Labute approximate surface area is 192 Å². The predicted molar refractivity (Wildman–Crippen MR) is 128 cm³/mol. The number of hydrogen-bond donors (Lipinski definition) is 1. The molecule has 1 N–H and O–H groups in total. The van der Waals surface area contributed by atoms with Crippen molar-refractivity contribution in [2.45, 2.75) is 32.9 Å². The summed E-state index contributed by atoms with van der Waals surface area (Å²) in [7, 11) is 1.62. The highest BCUT2D eigenvalue weighted by Crippen LogP contribution is 2.20. The van der Waals surface area contributed by atoms with Crippen LogP contribution in [0.5, 0.6) is 5.75 Å². The summed E-state index contributed by atoms with van der Waals surface area (Å²) in [5, 5.41) is 3.00. The number of nitrogens with zero attached hydrogens (tertiary/aromatic N) is 3. The summed E-state index contributed by atoms with van der Waals surface area (Å²) in [6.07, 6.45) is 2.47. The molecule has 0 aliphatic carbocycles. The number of rotatable bonds is 7. The molecule has 0 fully saturated rings. The number of aromatic nitrogens is 3. The van der Waals surface area contributed by atoms with Gasteiger partial charge in [0.15, 0.2) is 5.65 Å². The minimum absolute atomic E-state index is 0.168. The fraction of sp³-hybridized carbons (Fsp3) is 0.231. The number of carbonyl (C=O) groups excluding carboxylic acids is 1. The van der Waals surface area contributed by atoms with E-state index in [9.17, 15) is 9.59 Å². The molecule has 0 unspecified atom stereocenters. The van der Waals surface area contributed by atoms with E-state index < -0.39 is 0 Å². The molecule has 2 heterocycles. The summed E-state index contributed by atoms with van der Waals surface area (Å²) >= 11 is 0. The van der Waals surface area contributed by atoms with Crippen molar-refractivity contribution >= 4 is 17.1 Å². The van der Waals surface area contributed by atoms with Crippen LogP contribution in [0.2, 0.25) is 0 Å². The van der Waals surface area contributed by atoms with Crippen LogP contribution in [0.4, 0.5) is 0 Å². The number of benzene rings is 2. The molecule has 2 aromatic heterocycles. The second-order valence-electron chi connectivity index (χ2n) is 7.81. The number of ether oxygens (including phenoxy) is 1. The lowest BCUT2D eigenvalue weighted by molar-refractivity contribution is 0.0940. The lowest BCUT2D eigenvalue weighted by Crippen LogP contribution is -2.26. The van der Waals surface area contributed by atoms with Gasteiger partial charge in [0.1, 0.15) is 17.0 Å². The number of hydrogen-bond acceptors (Lipinski definition) is 5. The summed E-state index contributed by atoms with van der Waals surface area (Å²) in [5.74, 6) is 0.577. The average Bonchev–Trinajstić information content (AvgIpc) is 2.85. The quantitative estimate of drug-likeness (QED) is 0.459. The van der Waals surface area contributed by atoms with Crippen molar-refractivity contribution in [1.29, 1.82) is 0 Å². The molecule has 0 aliphatic rings. The Kier molecular flexibility index (Phi) is 6.49. The van der Waals surface area contributed by atoms with Crippen molar-refractivity contribution in [3.8, 4) is 17.0 Å². The Morgan fingerprint density at radius 2 is 1.82 bits per heavy atom.